The van der Waals surface area contributed by atoms with Crippen LogP contribution in [0, 0.1) is 13.8 Å². The second-order valence-electron chi connectivity index (χ2n) is 4.81. The summed E-state index contributed by atoms with van der Waals surface area (Å²) in [5.41, 5.74) is 0.837. The Balaban J connectivity index is 1.93. The molecule has 1 atom stereocenters. The zero-order valence-corrected chi connectivity index (χ0v) is 12.5. The Kier molecular flexibility index (Phi) is 4.42. The first-order chi connectivity index (χ1) is 8.49. The first kappa shape index (κ1) is 14.0. The van der Waals surface area contributed by atoms with E-state index in [1.165, 1.54) is 17.8 Å². The van der Waals surface area contributed by atoms with Gasteiger partial charge < -0.3 is 5.32 Å². The van der Waals surface area contributed by atoms with E-state index in [4.69, 9.17) is 0 Å². The summed E-state index contributed by atoms with van der Waals surface area (Å²) >= 11 is 1.34. The molecule has 6 heteroatoms. The molecule has 0 radical (unpaired) electrons. The summed E-state index contributed by atoms with van der Waals surface area (Å²) in [5.74, 6) is 0. The average Bonchev–Trinajstić information content (AvgIpc) is 2.88. The maximum Gasteiger partial charge on any atom is 0.250 e. The van der Waals surface area contributed by atoms with E-state index >= 15 is 0 Å². The van der Waals surface area contributed by atoms with Crippen LogP contribution in [0.4, 0.5) is 0 Å². The zero-order valence-electron chi connectivity index (χ0n) is 10.8. The van der Waals surface area contributed by atoms with Gasteiger partial charge in [0, 0.05) is 17.5 Å². The molecule has 0 spiro atoms. The number of aryl methyl sites for hydroxylation is 2. The number of sulfonamides is 1. The molecule has 0 unspecified atom stereocenters. The van der Waals surface area contributed by atoms with Crippen molar-refractivity contribution in [2.45, 2.75) is 43.4 Å². The van der Waals surface area contributed by atoms with E-state index in [1.807, 2.05) is 19.9 Å². The summed E-state index contributed by atoms with van der Waals surface area (Å²) in [4.78, 5) is 1.03. The highest BCUT2D eigenvalue weighted by atomic mass is 32.2. The Morgan fingerprint density at radius 3 is 2.83 bits per heavy atom. The fourth-order valence-electron chi connectivity index (χ4n) is 2.32. The van der Waals surface area contributed by atoms with Crippen molar-refractivity contribution in [3.05, 3.63) is 16.5 Å². The highest BCUT2D eigenvalue weighted by Crippen LogP contribution is 2.25. The average molecular weight is 288 g/mol. The molecule has 18 heavy (non-hydrogen) atoms. The molecule has 1 aromatic heterocycles. The van der Waals surface area contributed by atoms with Gasteiger partial charge in [-0.2, -0.15) is 0 Å². The highest BCUT2D eigenvalue weighted by molar-refractivity contribution is 7.91. The third kappa shape index (κ3) is 3.32. The lowest BCUT2D eigenvalue weighted by atomic mass is 10.2. The van der Waals surface area contributed by atoms with Crippen molar-refractivity contribution in [2.75, 3.05) is 13.1 Å². The van der Waals surface area contributed by atoms with Gasteiger partial charge in [0.15, 0.2) is 0 Å². The molecular weight excluding hydrogens is 268 g/mol. The fourth-order valence-corrected chi connectivity index (χ4v) is 5.08. The number of nitrogens with one attached hydrogen (secondary N) is 2. The van der Waals surface area contributed by atoms with E-state index in [1.54, 1.807) is 0 Å². The second-order valence-corrected chi connectivity index (χ2v) is 8.03. The Labute approximate surface area is 113 Å². The van der Waals surface area contributed by atoms with Crippen molar-refractivity contribution in [2.24, 2.45) is 0 Å². The van der Waals surface area contributed by atoms with Crippen LogP contribution in [0.5, 0.6) is 0 Å². The molecule has 1 aliphatic rings. The van der Waals surface area contributed by atoms with Gasteiger partial charge in [0.25, 0.3) is 0 Å². The summed E-state index contributed by atoms with van der Waals surface area (Å²) in [6.07, 6.45) is 3.21. The van der Waals surface area contributed by atoms with E-state index in [-0.39, 0.29) is 0 Å². The van der Waals surface area contributed by atoms with Gasteiger partial charge in [-0.3, -0.25) is 0 Å². The van der Waals surface area contributed by atoms with E-state index in [2.05, 4.69) is 10.0 Å². The van der Waals surface area contributed by atoms with E-state index in [9.17, 15) is 8.42 Å². The lowest BCUT2D eigenvalue weighted by Crippen LogP contribution is -2.30. The fraction of sp³-hybridized carbons (Fsp3) is 0.667. The first-order valence-electron chi connectivity index (χ1n) is 6.29. The molecule has 0 aliphatic carbocycles. The van der Waals surface area contributed by atoms with Crippen molar-refractivity contribution >= 4 is 21.4 Å². The minimum atomic E-state index is -3.32. The largest absolute Gasteiger partial charge is 0.314 e. The van der Waals surface area contributed by atoms with Crippen LogP contribution in [0.25, 0.3) is 0 Å². The molecule has 1 aromatic rings. The van der Waals surface area contributed by atoms with Gasteiger partial charge in [0.05, 0.1) is 0 Å². The molecule has 2 heterocycles. The van der Waals surface area contributed by atoms with Crippen LogP contribution in [-0.4, -0.2) is 27.5 Å². The van der Waals surface area contributed by atoms with Gasteiger partial charge in [-0.05, 0) is 51.3 Å². The summed E-state index contributed by atoms with van der Waals surface area (Å²) < 4.78 is 27.4. The number of hydrogen-bond donors (Lipinski definition) is 2. The van der Waals surface area contributed by atoms with Gasteiger partial charge in [-0.15, -0.1) is 11.3 Å². The predicted octanol–water partition coefficient (Wildman–Crippen LogP) is 1.79. The van der Waals surface area contributed by atoms with Crippen LogP contribution in [0.2, 0.25) is 0 Å². The van der Waals surface area contributed by atoms with E-state index < -0.39 is 10.0 Å². The van der Waals surface area contributed by atoms with Crippen molar-refractivity contribution in [1.29, 1.82) is 0 Å². The minimum Gasteiger partial charge on any atom is -0.314 e. The van der Waals surface area contributed by atoms with E-state index in [0.717, 1.165) is 29.8 Å². The molecule has 102 valence electrons. The molecule has 0 saturated carbocycles. The smallest absolute Gasteiger partial charge is 0.250 e. The van der Waals surface area contributed by atoms with Crippen LogP contribution < -0.4 is 10.0 Å². The Morgan fingerprint density at radius 1 is 1.50 bits per heavy atom. The van der Waals surface area contributed by atoms with Crippen LogP contribution >= 0.6 is 11.3 Å². The van der Waals surface area contributed by atoms with Crippen LogP contribution in [0.1, 0.15) is 29.7 Å². The maximum absolute atomic E-state index is 12.1. The molecule has 2 rings (SSSR count). The van der Waals surface area contributed by atoms with Crippen molar-refractivity contribution < 1.29 is 8.42 Å². The highest BCUT2D eigenvalue weighted by Gasteiger charge is 2.20. The predicted molar refractivity (Wildman–Crippen MR) is 74.6 cm³/mol. The summed E-state index contributed by atoms with van der Waals surface area (Å²) in [7, 11) is -3.32. The molecule has 2 N–H and O–H groups in total. The quantitative estimate of drug-likeness (QED) is 0.868. The SMILES string of the molecule is Cc1cc(C)c(S(=O)(=O)NCC[C@H]2CCCN2)s1. The van der Waals surface area contributed by atoms with Gasteiger partial charge in [-0.25, -0.2) is 13.1 Å². The molecule has 1 fully saturated rings. The summed E-state index contributed by atoms with van der Waals surface area (Å²) in [6, 6.07) is 2.39. The Morgan fingerprint density at radius 2 is 2.28 bits per heavy atom. The number of rotatable bonds is 5. The minimum absolute atomic E-state index is 0.458. The maximum atomic E-state index is 12.1. The molecule has 0 amide bonds. The molecule has 4 nitrogen and oxygen atoms in total. The van der Waals surface area contributed by atoms with Crippen molar-refractivity contribution in [3.63, 3.8) is 0 Å². The number of thiophene rings is 1. The standard InChI is InChI=1S/C12H20N2O2S2/c1-9-8-10(2)17-12(9)18(15,16)14-7-5-11-4-3-6-13-11/h8,11,13-14H,3-7H2,1-2H3/t11-/m1/s1. The van der Waals surface area contributed by atoms with Crippen molar-refractivity contribution in [1.82, 2.24) is 10.0 Å². The molecule has 1 saturated heterocycles. The third-order valence-corrected chi connectivity index (χ3v) is 6.44. The van der Waals surface area contributed by atoms with Gasteiger partial charge >= 0.3 is 0 Å². The Bertz CT molecular complexity index is 502. The van der Waals surface area contributed by atoms with Gasteiger partial charge in [0.1, 0.15) is 4.21 Å². The third-order valence-electron chi connectivity index (χ3n) is 3.19. The molecule has 0 bridgehead atoms. The topological polar surface area (TPSA) is 58.2 Å². The lowest BCUT2D eigenvalue weighted by Gasteiger charge is -2.10. The Hall–Kier alpha value is -0.430. The lowest BCUT2D eigenvalue weighted by molar-refractivity contribution is 0.540. The van der Waals surface area contributed by atoms with Crippen LogP contribution in [0.15, 0.2) is 10.3 Å². The molecule has 1 aliphatic heterocycles. The van der Waals surface area contributed by atoms with Gasteiger partial charge in [0.2, 0.25) is 10.0 Å². The molecular formula is C12H20N2O2S2. The first-order valence-corrected chi connectivity index (χ1v) is 8.59. The van der Waals surface area contributed by atoms with Crippen LogP contribution in [0.3, 0.4) is 0 Å². The second kappa shape index (κ2) is 5.69. The van der Waals surface area contributed by atoms with E-state index in [0.29, 0.717) is 16.8 Å². The van der Waals surface area contributed by atoms with Crippen LogP contribution in [-0.2, 0) is 10.0 Å². The summed E-state index contributed by atoms with van der Waals surface area (Å²) in [5, 5.41) is 3.37. The zero-order chi connectivity index (χ0) is 13.2. The summed E-state index contributed by atoms with van der Waals surface area (Å²) in [6.45, 7) is 5.34. The normalized spacial score (nSPS) is 20.4. The monoisotopic (exact) mass is 288 g/mol. The molecule has 0 aromatic carbocycles. The van der Waals surface area contributed by atoms with Gasteiger partial charge in [-0.1, -0.05) is 0 Å². The number of hydrogen-bond acceptors (Lipinski definition) is 4. The van der Waals surface area contributed by atoms with Crippen molar-refractivity contribution in [3.8, 4) is 0 Å².